The number of rotatable bonds is 3. The quantitative estimate of drug-likeness (QED) is 0.751. The number of benzene rings is 1. The maximum absolute atomic E-state index is 6.02. The number of nitrogens with zero attached hydrogens (tertiary/aromatic N) is 3. The van der Waals surface area contributed by atoms with Crippen LogP contribution in [0.3, 0.4) is 0 Å². The second kappa shape index (κ2) is 5.38. The topological polar surface area (TPSA) is 74.7 Å². The van der Waals surface area contributed by atoms with Crippen LogP contribution in [0.15, 0.2) is 24.3 Å². The van der Waals surface area contributed by atoms with Crippen LogP contribution in [0.5, 0.6) is 11.5 Å². The van der Waals surface area contributed by atoms with Crippen molar-refractivity contribution in [3.05, 3.63) is 35.1 Å². The summed E-state index contributed by atoms with van der Waals surface area (Å²) in [6, 6.07) is 7.20. The fourth-order valence-corrected chi connectivity index (χ4v) is 2.64. The van der Waals surface area contributed by atoms with E-state index in [4.69, 9.17) is 26.8 Å². The van der Waals surface area contributed by atoms with E-state index in [0.29, 0.717) is 28.1 Å². The molecule has 7 heteroatoms. The van der Waals surface area contributed by atoms with Crippen LogP contribution in [0.4, 0.5) is 5.82 Å². The first-order valence-electron chi connectivity index (χ1n) is 6.59. The Morgan fingerprint density at radius 3 is 2.55 bits per heavy atom. The summed E-state index contributed by atoms with van der Waals surface area (Å²) in [5.74, 6) is 1.73. The van der Waals surface area contributed by atoms with Gasteiger partial charge in [0.2, 0.25) is 0 Å². The van der Waals surface area contributed by atoms with Crippen LogP contribution in [0.1, 0.15) is 5.69 Å². The molecule has 0 atom stereocenters. The lowest BCUT2D eigenvalue weighted by Gasteiger charge is -2.09. The van der Waals surface area contributed by atoms with Gasteiger partial charge < -0.3 is 15.2 Å². The molecule has 0 unspecified atom stereocenters. The van der Waals surface area contributed by atoms with Gasteiger partial charge >= 0.3 is 0 Å². The Labute approximate surface area is 132 Å². The molecular formula is C15H15ClN4O2. The minimum absolute atomic E-state index is 0.326. The van der Waals surface area contributed by atoms with Crippen molar-refractivity contribution >= 4 is 23.1 Å². The fraction of sp³-hybridized carbons (Fsp3) is 0.200. The van der Waals surface area contributed by atoms with Gasteiger partial charge in [-0.05, 0) is 24.6 Å². The third kappa shape index (κ3) is 2.21. The summed E-state index contributed by atoms with van der Waals surface area (Å²) in [6.07, 6.45) is 0. The SMILES string of the molecule is COc1ccc(-c2c(C)nn3c(N)cc(Cl)nc23)cc1OC. The molecule has 0 bridgehead atoms. The molecule has 0 radical (unpaired) electrons. The predicted molar refractivity (Wildman–Crippen MR) is 85.7 cm³/mol. The lowest BCUT2D eigenvalue weighted by atomic mass is 10.1. The van der Waals surface area contributed by atoms with E-state index in [1.54, 1.807) is 24.8 Å². The van der Waals surface area contributed by atoms with Gasteiger partial charge in [-0.1, -0.05) is 17.7 Å². The Morgan fingerprint density at radius 2 is 1.86 bits per heavy atom. The number of aryl methyl sites for hydroxylation is 1. The summed E-state index contributed by atoms with van der Waals surface area (Å²) in [5, 5.41) is 4.75. The first kappa shape index (κ1) is 14.5. The van der Waals surface area contributed by atoms with E-state index >= 15 is 0 Å². The summed E-state index contributed by atoms with van der Waals surface area (Å²) in [5.41, 5.74) is 9.12. The highest BCUT2D eigenvalue weighted by molar-refractivity contribution is 6.29. The maximum atomic E-state index is 6.02. The van der Waals surface area contributed by atoms with E-state index in [9.17, 15) is 0 Å². The fourth-order valence-electron chi connectivity index (χ4n) is 2.44. The van der Waals surface area contributed by atoms with E-state index in [1.165, 1.54) is 0 Å². The summed E-state index contributed by atoms with van der Waals surface area (Å²) in [6.45, 7) is 1.90. The molecule has 1 aromatic carbocycles. The number of methoxy groups -OCH3 is 2. The molecule has 2 N–H and O–H groups in total. The van der Waals surface area contributed by atoms with E-state index in [-0.39, 0.29) is 0 Å². The number of nitrogen functional groups attached to an aromatic ring is 1. The van der Waals surface area contributed by atoms with E-state index < -0.39 is 0 Å². The van der Waals surface area contributed by atoms with Gasteiger partial charge in [0.25, 0.3) is 0 Å². The molecule has 6 nitrogen and oxygen atoms in total. The summed E-state index contributed by atoms with van der Waals surface area (Å²) in [4.78, 5) is 4.35. The van der Waals surface area contributed by atoms with Crippen LogP contribution < -0.4 is 15.2 Å². The summed E-state index contributed by atoms with van der Waals surface area (Å²) >= 11 is 6.02. The number of ether oxygens (including phenoxy) is 2. The number of nitrogens with two attached hydrogens (primary N) is 1. The van der Waals surface area contributed by atoms with Gasteiger partial charge in [0.1, 0.15) is 11.0 Å². The molecule has 0 aliphatic heterocycles. The third-order valence-corrected chi connectivity index (χ3v) is 3.63. The Balaban J connectivity index is 2.28. The zero-order chi connectivity index (χ0) is 15.9. The molecular weight excluding hydrogens is 304 g/mol. The largest absolute Gasteiger partial charge is 0.493 e. The molecule has 0 aliphatic rings. The molecule has 2 heterocycles. The number of aromatic nitrogens is 3. The highest BCUT2D eigenvalue weighted by atomic mass is 35.5. The molecule has 2 aromatic heterocycles. The van der Waals surface area contributed by atoms with Gasteiger partial charge in [0, 0.05) is 11.6 Å². The van der Waals surface area contributed by atoms with Crippen molar-refractivity contribution in [2.45, 2.75) is 6.92 Å². The zero-order valence-electron chi connectivity index (χ0n) is 12.4. The second-order valence-corrected chi connectivity index (χ2v) is 5.16. The van der Waals surface area contributed by atoms with Crippen LogP contribution in [-0.4, -0.2) is 28.8 Å². The molecule has 0 saturated heterocycles. The van der Waals surface area contributed by atoms with Gasteiger partial charge in [0.15, 0.2) is 17.1 Å². The van der Waals surface area contributed by atoms with Crippen LogP contribution in [0.25, 0.3) is 16.8 Å². The smallest absolute Gasteiger partial charge is 0.167 e. The molecule has 3 aromatic rings. The van der Waals surface area contributed by atoms with Crippen molar-refractivity contribution in [1.82, 2.24) is 14.6 Å². The molecule has 0 spiro atoms. The van der Waals surface area contributed by atoms with E-state index in [1.807, 2.05) is 25.1 Å². The van der Waals surface area contributed by atoms with Crippen molar-refractivity contribution in [2.75, 3.05) is 20.0 Å². The van der Waals surface area contributed by atoms with Crippen LogP contribution >= 0.6 is 11.6 Å². The standard InChI is InChI=1S/C15H15ClN4O2/c1-8-14(9-4-5-10(21-2)11(6-9)22-3)15-18-12(16)7-13(17)20(15)19-8/h4-7H,17H2,1-3H3. The number of hydrogen-bond acceptors (Lipinski definition) is 5. The molecule has 0 amide bonds. The Bertz CT molecular complexity index is 860. The molecule has 22 heavy (non-hydrogen) atoms. The number of fused-ring (bicyclic) bond motifs is 1. The van der Waals surface area contributed by atoms with Crippen molar-refractivity contribution in [2.24, 2.45) is 0 Å². The van der Waals surface area contributed by atoms with Gasteiger partial charge in [-0.2, -0.15) is 9.61 Å². The van der Waals surface area contributed by atoms with E-state index in [0.717, 1.165) is 16.8 Å². The molecule has 0 fully saturated rings. The van der Waals surface area contributed by atoms with Gasteiger partial charge in [-0.25, -0.2) is 4.98 Å². The van der Waals surface area contributed by atoms with Crippen LogP contribution in [-0.2, 0) is 0 Å². The first-order chi connectivity index (χ1) is 10.5. The lowest BCUT2D eigenvalue weighted by Crippen LogP contribution is -2.00. The average molecular weight is 319 g/mol. The first-order valence-corrected chi connectivity index (χ1v) is 6.96. The zero-order valence-corrected chi connectivity index (χ0v) is 13.2. The predicted octanol–water partition coefficient (Wildman–Crippen LogP) is 2.96. The minimum Gasteiger partial charge on any atom is -0.493 e. The van der Waals surface area contributed by atoms with Crippen molar-refractivity contribution in [3.63, 3.8) is 0 Å². The Hall–Kier alpha value is -2.47. The molecule has 114 valence electrons. The monoisotopic (exact) mass is 318 g/mol. The Kier molecular flexibility index (Phi) is 3.54. The molecule has 3 rings (SSSR count). The molecule has 0 saturated carbocycles. The second-order valence-electron chi connectivity index (χ2n) is 4.77. The summed E-state index contributed by atoms with van der Waals surface area (Å²) in [7, 11) is 3.19. The normalized spacial score (nSPS) is 10.9. The van der Waals surface area contributed by atoms with Crippen molar-refractivity contribution in [1.29, 1.82) is 0 Å². The Morgan fingerprint density at radius 1 is 1.14 bits per heavy atom. The van der Waals surface area contributed by atoms with Crippen LogP contribution in [0.2, 0.25) is 5.15 Å². The number of anilines is 1. The number of hydrogen-bond donors (Lipinski definition) is 1. The van der Waals surface area contributed by atoms with Gasteiger partial charge in [-0.3, -0.25) is 0 Å². The van der Waals surface area contributed by atoms with E-state index in [2.05, 4.69) is 10.1 Å². The highest BCUT2D eigenvalue weighted by Crippen LogP contribution is 2.35. The maximum Gasteiger partial charge on any atom is 0.167 e. The van der Waals surface area contributed by atoms with Crippen molar-refractivity contribution < 1.29 is 9.47 Å². The lowest BCUT2D eigenvalue weighted by molar-refractivity contribution is 0.355. The molecule has 0 aliphatic carbocycles. The van der Waals surface area contributed by atoms with Gasteiger partial charge in [0.05, 0.1) is 19.9 Å². The minimum atomic E-state index is 0.326. The van der Waals surface area contributed by atoms with Crippen LogP contribution in [0, 0.1) is 6.92 Å². The summed E-state index contributed by atoms with van der Waals surface area (Å²) < 4.78 is 12.2. The average Bonchev–Trinajstić information content (AvgIpc) is 2.83. The van der Waals surface area contributed by atoms with Gasteiger partial charge in [-0.15, -0.1) is 0 Å². The third-order valence-electron chi connectivity index (χ3n) is 3.43. The highest BCUT2D eigenvalue weighted by Gasteiger charge is 2.17. The van der Waals surface area contributed by atoms with Crippen molar-refractivity contribution in [3.8, 4) is 22.6 Å². The number of halogens is 1.